The zero-order valence-corrected chi connectivity index (χ0v) is 17.0. The molecule has 0 bridgehead atoms. The van der Waals surface area contributed by atoms with E-state index in [0.29, 0.717) is 24.1 Å². The molecule has 3 rings (SSSR count). The molecule has 0 unspecified atom stereocenters. The molecule has 1 saturated heterocycles. The van der Waals surface area contributed by atoms with Gasteiger partial charge in [0, 0.05) is 38.3 Å². The number of aromatic nitrogens is 3. The number of hydrogen-bond acceptors (Lipinski definition) is 6. The normalized spacial score (nSPS) is 16.1. The number of hydrogen-bond donors (Lipinski definition) is 1. The maximum Gasteiger partial charge on any atom is 0.233 e. The van der Waals surface area contributed by atoms with Gasteiger partial charge < -0.3 is 14.6 Å². The Balaban J connectivity index is 1.81. The molecule has 0 spiro atoms. The summed E-state index contributed by atoms with van der Waals surface area (Å²) in [5, 5.41) is 11.9. The summed E-state index contributed by atoms with van der Waals surface area (Å²) in [7, 11) is 0. The molecular weight excluding hydrogens is 381 g/mol. The highest BCUT2D eigenvalue weighted by Gasteiger charge is 2.21. The summed E-state index contributed by atoms with van der Waals surface area (Å²) in [6.45, 7) is 9.13. The van der Waals surface area contributed by atoms with Crippen LogP contribution in [0.2, 0.25) is 0 Å². The van der Waals surface area contributed by atoms with Crippen LogP contribution in [0.5, 0.6) is 0 Å². The van der Waals surface area contributed by atoms with Crippen LogP contribution in [0.25, 0.3) is 11.4 Å². The largest absolute Gasteiger partial charge is 0.379 e. The zero-order chi connectivity index (χ0) is 19.9. The molecule has 28 heavy (non-hydrogen) atoms. The molecule has 2 aromatic rings. The summed E-state index contributed by atoms with van der Waals surface area (Å²) in [6.07, 6.45) is 0. The molecule has 1 amide bonds. The fraction of sp³-hybridized carbons (Fsp3) is 0.526. The highest BCUT2D eigenvalue weighted by atomic mass is 32.2. The van der Waals surface area contributed by atoms with Gasteiger partial charge in [0.05, 0.1) is 18.5 Å². The second kappa shape index (κ2) is 9.99. The SMILES string of the molecule is CCNC(=O)[C@H](C)Sc1nnc(-c2ccc(F)cc2)n1CCN1CCOCC1. The summed E-state index contributed by atoms with van der Waals surface area (Å²) < 4.78 is 20.7. The van der Waals surface area contributed by atoms with Crippen molar-refractivity contribution in [2.24, 2.45) is 0 Å². The molecule has 1 aromatic heterocycles. The molecule has 9 heteroatoms. The van der Waals surface area contributed by atoms with Crippen LogP contribution in [0.3, 0.4) is 0 Å². The number of ether oxygens (including phenoxy) is 1. The highest BCUT2D eigenvalue weighted by Crippen LogP contribution is 2.27. The number of carbonyl (C=O) groups excluding carboxylic acids is 1. The Morgan fingerprint density at radius 2 is 1.96 bits per heavy atom. The van der Waals surface area contributed by atoms with E-state index >= 15 is 0 Å². The number of benzene rings is 1. The predicted octanol–water partition coefficient (Wildman–Crippen LogP) is 2.03. The quantitative estimate of drug-likeness (QED) is 0.675. The molecular formula is C19H26FN5O2S. The molecule has 0 saturated carbocycles. The summed E-state index contributed by atoms with van der Waals surface area (Å²) in [5.41, 5.74) is 0.799. The number of nitrogens with zero attached hydrogens (tertiary/aromatic N) is 4. The van der Waals surface area contributed by atoms with E-state index in [4.69, 9.17) is 4.74 Å². The van der Waals surface area contributed by atoms with Crippen LogP contribution in [0.1, 0.15) is 13.8 Å². The van der Waals surface area contributed by atoms with Crippen LogP contribution >= 0.6 is 11.8 Å². The molecule has 0 radical (unpaired) electrons. The van der Waals surface area contributed by atoms with Crippen molar-refractivity contribution in [1.82, 2.24) is 25.0 Å². The Bertz CT molecular complexity index is 777. The maximum atomic E-state index is 13.3. The molecule has 1 atom stereocenters. The van der Waals surface area contributed by atoms with Crippen molar-refractivity contribution in [2.75, 3.05) is 39.4 Å². The van der Waals surface area contributed by atoms with Crippen molar-refractivity contribution in [1.29, 1.82) is 0 Å². The Kier molecular flexibility index (Phi) is 7.41. The van der Waals surface area contributed by atoms with Gasteiger partial charge in [-0.3, -0.25) is 9.69 Å². The first kappa shape index (κ1) is 20.8. The van der Waals surface area contributed by atoms with Crippen molar-refractivity contribution in [3.8, 4) is 11.4 Å². The van der Waals surface area contributed by atoms with E-state index in [1.54, 1.807) is 12.1 Å². The van der Waals surface area contributed by atoms with Gasteiger partial charge in [0.1, 0.15) is 5.82 Å². The molecule has 1 aliphatic heterocycles. The van der Waals surface area contributed by atoms with Crippen molar-refractivity contribution < 1.29 is 13.9 Å². The second-order valence-electron chi connectivity index (χ2n) is 6.57. The summed E-state index contributed by atoms with van der Waals surface area (Å²) in [6, 6.07) is 6.24. The van der Waals surface area contributed by atoms with Gasteiger partial charge in [0.25, 0.3) is 0 Å². The van der Waals surface area contributed by atoms with Gasteiger partial charge in [-0.25, -0.2) is 4.39 Å². The Morgan fingerprint density at radius 3 is 2.64 bits per heavy atom. The number of morpholine rings is 1. The average molecular weight is 408 g/mol. The smallest absolute Gasteiger partial charge is 0.233 e. The minimum atomic E-state index is -0.289. The number of thioether (sulfide) groups is 1. The van der Waals surface area contributed by atoms with E-state index in [-0.39, 0.29) is 17.0 Å². The zero-order valence-electron chi connectivity index (χ0n) is 16.2. The fourth-order valence-corrected chi connectivity index (χ4v) is 3.89. The van der Waals surface area contributed by atoms with Crippen LogP contribution in [0.4, 0.5) is 4.39 Å². The molecule has 7 nitrogen and oxygen atoms in total. The third-order valence-corrected chi connectivity index (χ3v) is 5.65. The number of halogens is 1. The lowest BCUT2D eigenvalue weighted by Crippen LogP contribution is -2.38. The van der Waals surface area contributed by atoms with Crippen molar-refractivity contribution in [3.63, 3.8) is 0 Å². The molecule has 1 aromatic carbocycles. The van der Waals surface area contributed by atoms with Gasteiger partial charge in [0.2, 0.25) is 5.91 Å². The molecule has 0 aliphatic carbocycles. The average Bonchev–Trinajstić information content (AvgIpc) is 3.10. The molecule has 152 valence electrons. The van der Waals surface area contributed by atoms with E-state index in [2.05, 4.69) is 20.4 Å². The number of amides is 1. The predicted molar refractivity (Wildman–Crippen MR) is 107 cm³/mol. The third kappa shape index (κ3) is 5.30. The topological polar surface area (TPSA) is 72.3 Å². The van der Waals surface area contributed by atoms with Crippen LogP contribution in [-0.4, -0.2) is 70.2 Å². The second-order valence-corrected chi connectivity index (χ2v) is 7.88. The van der Waals surface area contributed by atoms with E-state index < -0.39 is 0 Å². The van der Waals surface area contributed by atoms with Crippen molar-refractivity contribution in [3.05, 3.63) is 30.1 Å². The highest BCUT2D eigenvalue weighted by molar-refractivity contribution is 8.00. The molecule has 1 N–H and O–H groups in total. The number of nitrogens with one attached hydrogen (secondary N) is 1. The van der Waals surface area contributed by atoms with Crippen LogP contribution < -0.4 is 5.32 Å². The van der Waals surface area contributed by atoms with Gasteiger partial charge in [-0.15, -0.1) is 10.2 Å². The maximum absolute atomic E-state index is 13.3. The Hall–Kier alpha value is -1.97. The van der Waals surface area contributed by atoms with Crippen LogP contribution in [0, 0.1) is 5.82 Å². The van der Waals surface area contributed by atoms with Crippen molar-refractivity contribution in [2.45, 2.75) is 30.8 Å². The summed E-state index contributed by atoms with van der Waals surface area (Å²) in [5.74, 6) is 0.361. The molecule has 2 heterocycles. The van der Waals surface area contributed by atoms with Crippen LogP contribution in [-0.2, 0) is 16.1 Å². The van der Waals surface area contributed by atoms with Gasteiger partial charge in [-0.1, -0.05) is 11.8 Å². The minimum absolute atomic E-state index is 0.0291. The Labute approximate surface area is 168 Å². The Morgan fingerprint density at radius 1 is 1.25 bits per heavy atom. The standard InChI is InChI=1S/C19H26FN5O2S/c1-3-21-18(26)14(2)28-19-23-22-17(15-4-6-16(20)7-5-15)25(19)9-8-24-10-12-27-13-11-24/h4-7,14H,3,8-13H2,1-2H3,(H,21,26)/t14-/m0/s1. The van der Waals surface area contributed by atoms with Gasteiger partial charge in [0.15, 0.2) is 11.0 Å². The third-order valence-electron chi connectivity index (χ3n) is 4.57. The van der Waals surface area contributed by atoms with Gasteiger partial charge >= 0.3 is 0 Å². The number of rotatable bonds is 8. The van der Waals surface area contributed by atoms with E-state index in [0.717, 1.165) is 38.4 Å². The lowest BCUT2D eigenvalue weighted by atomic mass is 10.2. The molecule has 1 fully saturated rings. The van der Waals surface area contributed by atoms with Crippen molar-refractivity contribution >= 4 is 17.7 Å². The monoisotopic (exact) mass is 407 g/mol. The first-order chi connectivity index (χ1) is 13.6. The van der Waals surface area contributed by atoms with E-state index in [9.17, 15) is 9.18 Å². The minimum Gasteiger partial charge on any atom is -0.379 e. The number of carbonyl (C=O) groups is 1. The van der Waals surface area contributed by atoms with E-state index in [1.807, 2.05) is 18.4 Å². The lowest BCUT2D eigenvalue weighted by Gasteiger charge is -2.27. The van der Waals surface area contributed by atoms with E-state index in [1.165, 1.54) is 23.9 Å². The first-order valence-corrected chi connectivity index (χ1v) is 10.4. The van der Waals surface area contributed by atoms with Crippen LogP contribution in [0.15, 0.2) is 29.4 Å². The summed E-state index contributed by atoms with van der Waals surface area (Å²) >= 11 is 1.38. The van der Waals surface area contributed by atoms with Gasteiger partial charge in [-0.05, 0) is 38.1 Å². The lowest BCUT2D eigenvalue weighted by molar-refractivity contribution is -0.120. The fourth-order valence-electron chi connectivity index (χ4n) is 2.99. The summed E-state index contributed by atoms with van der Waals surface area (Å²) in [4.78, 5) is 14.5. The first-order valence-electron chi connectivity index (χ1n) is 9.52. The van der Waals surface area contributed by atoms with Gasteiger partial charge in [-0.2, -0.15) is 0 Å². The molecule has 1 aliphatic rings.